The van der Waals surface area contributed by atoms with Crippen molar-refractivity contribution < 1.29 is 33.3 Å². The second kappa shape index (κ2) is 12.0. The first-order valence-corrected chi connectivity index (χ1v) is 11.9. The van der Waals surface area contributed by atoms with Crippen LogP contribution in [0, 0.1) is 5.82 Å². The molecule has 0 aliphatic carbocycles. The van der Waals surface area contributed by atoms with E-state index in [1.165, 1.54) is 12.1 Å². The number of halogens is 1. The van der Waals surface area contributed by atoms with Crippen LogP contribution in [0.25, 0.3) is 0 Å². The highest BCUT2D eigenvalue weighted by molar-refractivity contribution is 6.00. The van der Waals surface area contributed by atoms with Crippen molar-refractivity contribution in [1.82, 2.24) is 5.32 Å². The Kier molecular flexibility index (Phi) is 9.03. The van der Waals surface area contributed by atoms with Gasteiger partial charge in [-0.05, 0) is 69.2 Å². The number of nitrogens with zero attached hydrogens (tertiary/aromatic N) is 1. The number of amides is 1. The Morgan fingerprint density at radius 1 is 1.14 bits per heavy atom. The Morgan fingerprint density at radius 2 is 1.83 bits per heavy atom. The Labute approximate surface area is 210 Å². The number of aliphatic imine (C=N–C) groups is 1. The molecule has 0 saturated carbocycles. The highest BCUT2D eigenvalue weighted by Crippen LogP contribution is 2.29. The summed E-state index contributed by atoms with van der Waals surface area (Å²) in [5.41, 5.74) is -0.568. The van der Waals surface area contributed by atoms with Gasteiger partial charge in [0, 0.05) is 31.6 Å². The minimum atomic E-state index is -1.32. The minimum Gasteiger partial charge on any atom is -0.494 e. The van der Waals surface area contributed by atoms with Crippen LogP contribution in [0.5, 0.6) is 5.75 Å². The van der Waals surface area contributed by atoms with Gasteiger partial charge in [0.25, 0.3) is 5.91 Å². The van der Waals surface area contributed by atoms with Gasteiger partial charge in [-0.15, -0.1) is 0 Å². The van der Waals surface area contributed by atoms with Crippen LogP contribution >= 0.6 is 0 Å². The summed E-state index contributed by atoms with van der Waals surface area (Å²) in [6.45, 7) is 5.94. The van der Waals surface area contributed by atoms with Crippen molar-refractivity contribution in [2.75, 3.05) is 19.8 Å². The summed E-state index contributed by atoms with van der Waals surface area (Å²) in [4.78, 5) is 30.3. The van der Waals surface area contributed by atoms with E-state index < -0.39 is 23.0 Å². The van der Waals surface area contributed by atoms with Gasteiger partial charge in [-0.25, -0.2) is 9.38 Å². The maximum Gasteiger partial charge on any atom is 0.306 e. The molecule has 36 heavy (non-hydrogen) atoms. The Morgan fingerprint density at radius 3 is 2.47 bits per heavy atom. The maximum absolute atomic E-state index is 13.3. The SMILES string of the molecule is CC(C)(C)OC(=O)CC[C@]1(C(=O)NCc2ccc(F)cc2)COC(c2ccc(OCCCO)cc2)=N1. The van der Waals surface area contributed by atoms with E-state index in [0.29, 0.717) is 24.3 Å². The third kappa shape index (κ3) is 7.78. The molecule has 1 atom stereocenters. The first-order valence-electron chi connectivity index (χ1n) is 11.9. The van der Waals surface area contributed by atoms with E-state index in [4.69, 9.17) is 19.3 Å². The summed E-state index contributed by atoms with van der Waals surface area (Å²) < 4.78 is 30.0. The van der Waals surface area contributed by atoms with Crippen LogP contribution in [0.2, 0.25) is 0 Å². The van der Waals surface area contributed by atoms with Crippen LogP contribution in [0.15, 0.2) is 53.5 Å². The molecule has 2 aromatic carbocycles. The predicted octanol–water partition coefficient (Wildman–Crippen LogP) is 3.54. The molecular weight excluding hydrogens is 467 g/mol. The lowest BCUT2D eigenvalue weighted by molar-refractivity contribution is -0.155. The fourth-order valence-corrected chi connectivity index (χ4v) is 3.55. The molecule has 1 heterocycles. The summed E-state index contributed by atoms with van der Waals surface area (Å²) >= 11 is 0. The number of benzene rings is 2. The van der Waals surface area contributed by atoms with E-state index in [1.54, 1.807) is 57.2 Å². The first kappa shape index (κ1) is 27.1. The number of rotatable bonds is 11. The van der Waals surface area contributed by atoms with Crippen molar-refractivity contribution in [1.29, 1.82) is 0 Å². The molecule has 9 heteroatoms. The number of aliphatic hydroxyl groups excluding tert-OH is 1. The molecule has 0 spiro atoms. The van der Waals surface area contributed by atoms with Crippen LogP contribution in [0.4, 0.5) is 4.39 Å². The molecule has 0 bridgehead atoms. The normalized spacial score (nSPS) is 17.2. The lowest BCUT2D eigenvalue weighted by Gasteiger charge is -2.24. The minimum absolute atomic E-state index is 0.0149. The lowest BCUT2D eigenvalue weighted by atomic mass is 9.94. The van der Waals surface area contributed by atoms with E-state index in [-0.39, 0.29) is 44.3 Å². The van der Waals surface area contributed by atoms with Crippen LogP contribution in [0.1, 0.15) is 51.2 Å². The van der Waals surface area contributed by atoms with Gasteiger partial charge in [-0.3, -0.25) is 9.59 Å². The summed E-state index contributed by atoms with van der Waals surface area (Å²) in [5.74, 6) is -0.255. The molecule has 1 aliphatic heterocycles. The summed E-state index contributed by atoms with van der Waals surface area (Å²) in [7, 11) is 0. The molecule has 1 aliphatic rings. The van der Waals surface area contributed by atoms with Crippen molar-refractivity contribution in [2.24, 2.45) is 4.99 Å². The Hall–Kier alpha value is -3.46. The molecule has 0 fully saturated rings. The number of hydrogen-bond donors (Lipinski definition) is 2. The molecule has 0 unspecified atom stereocenters. The van der Waals surface area contributed by atoms with E-state index in [2.05, 4.69) is 10.3 Å². The number of nitrogens with one attached hydrogen (secondary N) is 1. The van der Waals surface area contributed by atoms with E-state index in [0.717, 1.165) is 5.56 Å². The molecule has 2 N–H and O–H groups in total. The second-order valence-electron chi connectivity index (χ2n) is 9.58. The third-order valence-electron chi connectivity index (χ3n) is 5.39. The highest BCUT2D eigenvalue weighted by Gasteiger charge is 2.44. The summed E-state index contributed by atoms with van der Waals surface area (Å²) in [6.07, 6.45) is 0.618. The average Bonchev–Trinajstić information content (AvgIpc) is 3.28. The van der Waals surface area contributed by atoms with Gasteiger partial charge in [-0.2, -0.15) is 0 Å². The smallest absolute Gasteiger partial charge is 0.306 e. The van der Waals surface area contributed by atoms with Gasteiger partial charge < -0.3 is 24.6 Å². The lowest BCUT2D eigenvalue weighted by Crippen LogP contribution is -2.47. The zero-order valence-corrected chi connectivity index (χ0v) is 20.9. The topological polar surface area (TPSA) is 106 Å². The number of carbonyl (C=O) groups is 2. The Bertz CT molecular complexity index is 1060. The van der Waals surface area contributed by atoms with E-state index >= 15 is 0 Å². The number of esters is 1. The highest BCUT2D eigenvalue weighted by atomic mass is 19.1. The largest absolute Gasteiger partial charge is 0.494 e. The van der Waals surface area contributed by atoms with E-state index in [9.17, 15) is 14.0 Å². The second-order valence-corrected chi connectivity index (χ2v) is 9.58. The zero-order chi connectivity index (χ0) is 26.2. The number of aliphatic hydroxyl groups is 1. The number of hydrogen-bond acceptors (Lipinski definition) is 7. The molecule has 0 aromatic heterocycles. The molecule has 0 saturated heterocycles. The van der Waals surface area contributed by atoms with Gasteiger partial charge in [-0.1, -0.05) is 12.1 Å². The number of carbonyl (C=O) groups excluding carboxylic acids is 2. The standard InChI is InChI=1S/C27H33FN2O6/c1-26(2,3)36-23(32)13-14-27(25(33)29-17-19-5-9-21(28)10-6-19)18-35-24(30-27)20-7-11-22(12-8-20)34-16-4-15-31/h5-12,31H,4,13-18H2,1-3H3,(H,29,33)/t27-/m1/s1. The van der Waals surface area contributed by atoms with Crippen LogP contribution in [-0.4, -0.2) is 53.8 Å². The summed E-state index contributed by atoms with van der Waals surface area (Å²) in [5, 5.41) is 11.7. The molecule has 1 amide bonds. The van der Waals surface area contributed by atoms with E-state index in [1.807, 2.05) is 0 Å². The van der Waals surface area contributed by atoms with Crippen LogP contribution in [0.3, 0.4) is 0 Å². The van der Waals surface area contributed by atoms with Crippen LogP contribution in [-0.2, 0) is 25.6 Å². The number of ether oxygens (including phenoxy) is 3. The van der Waals surface area contributed by atoms with Gasteiger partial charge in [0.15, 0.2) is 5.54 Å². The monoisotopic (exact) mass is 500 g/mol. The third-order valence-corrected chi connectivity index (χ3v) is 5.39. The summed E-state index contributed by atoms with van der Waals surface area (Å²) in [6, 6.07) is 12.9. The van der Waals surface area contributed by atoms with Gasteiger partial charge in [0.05, 0.1) is 6.61 Å². The van der Waals surface area contributed by atoms with Gasteiger partial charge in [0.2, 0.25) is 5.90 Å². The van der Waals surface area contributed by atoms with Crippen LogP contribution < -0.4 is 10.1 Å². The molecule has 194 valence electrons. The van der Waals surface area contributed by atoms with Gasteiger partial charge in [0.1, 0.15) is 23.8 Å². The molecule has 0 radical (unpaired) electrons. The molecular formula is C27H33FN2O6. The fraction of sp³-hybridized carbons (Fsp3) is 0.444. The fourth-order valence-electron chi connectivity index (χ4n) is 3.55. The van der Waals surface area contributed by atoms with Crippen molar-refractivity contribution in [3.05, 3.63) is 65.5 Å². The van der Waals surface area contributed by atoms with Crippen molar-refractivity contribution in [3.8, 4) is 5.75 Å². The van der Waals surface area contributed by atoms with Gasteiger partial charge >= 0.3 is 5.97 Å². The van der Waals surface area contributed by atoms with Crippen molar-refractivity contribution in [2.45, 2.75) is 57.7 Å². The zero-order valence-electron chi connectivity index (χ0n) is 20.9. The average molecular weight is 501 g/mol. The van der Waals surface area contributed by atoms with Crippen molar-refractivity contribution in [3.63, 3.8) is 0 Å². The maximum atomic E-state index is 13.3. The molecule has 2 aromatic rings. The van der Waals surface area contributed by atoms with Crippen molar-refractivity contribution >= 4 is 17.8 Å². The quantitative estimate of drug-likeness (QED) is 0.361. The first-order chi connectivity index (χ1) is 17.1. The predicted molar refractivity (Wildman–Crippen MR) is 132 cm³/mol. The molecule has 8 nitrogen and oxygen atoms in total. The Balaban J connectivity index is 1.76. The molecule has 3 rings (SSSR count).